The van der Waals surface area contributed by atoms with E-state index in [0.717, 1.165) is 50.0 Å². The Labute approximate surface area is 287 Å². The zero-order valence-corrected chi connectivity index (χ0v) is 27.8. The Morgan fingerprint density at radius 2 is 1.38 bits per heavy atom. The first kappa shape index (κ1) is 31.3. The van der Waals surface area contributed by atoms with Crippen LogP contribution >= 0.6 is 0 Å². The van der Waals surface area contributed by atoms with Gasteiger partial charge in [-0.1, -0.05) is 95.9 Å². The van der Waals surface area contributed by atoms with Gasteiger partial charge in [-0.2, -0.15) is 5.26 Å². The summed E-state index contributed by atoms with van der Waals surface area (Å²) in [6.45, 7) is 2.09. The van der Waals surface area contributed by atoms with Crippen molar-refractivity contribution in [2.45, 2.75) is 6.92 Å². The van der Waals surface area contributed by atoms with E-state index in [9.17, 15) is 5.26 Å². The van der Waals surface area contributed by atoms with Crippen LogP contribution in [0.2, 0.25) is 0 Å². The average molecular weight is 782 g/mol. The summed E-state index contributed by atoms with van der Waals surface area (Å²) in [5, 5.41) is 11.6. The molecule has 227 valence electrons. The number of nitrogens with zero attached hydrogens (tertiary/aromatic N) is 3. The van der Waals surface area contributed by atoms with Crippen molar-refractivity contribution < 1.29 is 24.5 Å². The summed E-state index contributed by atoms with van der Waals surface area (Å²) >= 11 is 0. The number of rotatable bonds is 4. The van der Waals surface area contributed by atoms with Crippen LogP contribution in [0.4, 0.5) is 0 Å². The van der Waals surface area contributed by atoms with Crippen molar-refractivity contribution in [3.05, 3.63) is 169 Å². The molecule has 0 fully saturated rings. The number of aromatic nitrogens is 2. The van der Waals surface area contributed by atoms with Crippen LogP contribution in [0.25, 0.3) is 66.7 Å². The van der Waals surface area contributed by atoms with Gasteiger partial charge in [0, 0.05) is 43.4 Å². The number of nitriles is 1. The maximum Gasteiger partial charge on any atom is 0.130 e. The topological polar surface area (TPSA) is 62.7 Å². The molecule has 5 heteroatoms. The minimum Gasteiger partial charge on any atom is -0.500 e. The van der Waals surface area contributed by atoms with Crippen molar-refractivity contribution in [3.8, 4) is 50.8 Å². The van der Waals surface area contributed by atoms with Gasteiger partial charge in [0.1, 0.15) is 5.58 Å². The molecule has 0 atom stereocenters. The van der Waals surface area contributed by atoms with Crippen LogP contribution < -0.4 is 0 Å². The Hall–Kier alpha value is -5.66. The maximum absolute atomic E-state index is 9.64. The molecule has 0 bridgehead atoms. The van der Waals surface area contributed by atoms with E-state index in [-0.39, 0.29) is 20.1 Å². The third-order valence-electron chi connectivity index (χ3n) is 7.88. The summed E-state index contributed by atoms with van der Waals surface area (Å²) in [5.41, 5.74) is 11.1. The van der Waals surface area contributed by atoms with E-state index in [1.165, 1.54) is 16.7 Å². The van der Waals surface area contributed by atoms with Gasteiger partial charge in [0.15, 0.2) is 0 Å². The van der Waals surface area contributed by atoms with Crippen molar-refractivity contribution in [2.75, 3.05) is 0 Å². The van der Waals surface area contributed by atoms with Crippen LogP contribution in [0, 0.1) is 30.4 Å². The van der Waals surface area contributed by atoms with Gasteiger partial charge in [-0.15, -0.1) is 54.1 Å². The van der Waals surface area contributed by atoms with Crippen molar-refractivity contribution in [1.82, 2.24) is 9.97 Å². The van der Waals surface area contributed by atoms with Gasteiger partial charge in [0.05, 0.1) is 17.2 Å². The van der Waals surface area contributed by atoms with E-state index in [1.54, 1.807) is 6.20 Å². The van der Waals surface area contributed by atoms with E-state index in [0.29, 0.717) is 11.1 Å². The number of fused-ring (bicyclic) bond motifs is 3. The number of benzene rings is 5. The smallest absolute Gasteiger partial charge is 0.130 e. The quantitative estimate of drug-likeness (QED) is 0.167. The van der Waals surface area contributed by atoms with Crippen LogP contribution in [-0.2, 0) is 20.1 Å². The molecule has 3 heterocycles. The van der Waals surface area contributed by atoms with E-state index in [4.69, 9.17) is 4.42 Å². The number of hydrogen-bond acceptors (Lipinski definition) is 4. The third-order valence-corrected chi connectivity index (χ3v) is 7.88. The van der Waals surface area contributed by atoms with Crippen LogP contribution in [0.1, 0.15) is 11.1 Å². The summed E-state index contributed by atoms with van der Waals surface area (Å²) in [5.74, 6) is 0. The minimum absolute atomic E-state index is 0. The predicted octanol–water partition coefficient (Wildman–Crippen LogP) is 10.5. The fraction of sp³-hybridized carbons (Fsp3) is 0.0238. The number of pyridine rings is 2. The average Bonchev–Trinajstić information content (AvgIpc) is 3.52. The van der Waals surface area contributed by atoms with Crippen LogP contribution in [-0.4, -0.2) is 9.97 Å². The van der Waals surface area contributed by atoms with Gasteiger partial charge >= 0.3 is 0 Å². The van der Waals surface area contributed by atoms with Gasteiger partial charge in [-0.3, -0.25) is 0 Å². The zero-order valence-electron chi connectivity index (χ0n) is 25.4. The van der Waals surface area contributed by atoms with Crippen molar-refractivity contribution >= 4 is 21.9 Å². The van der Waals surface area contributed by atoms with E-state index < -0.39 is 0 Å². The normalized spacial score (nSPS) is 10.5. The SMILES string of the molecule is Cc1cnc(-c2[c-]cccc2)cc1-c1ccccc1.N#Cc1ccc2c(oc3c(-c4ccccn4)[c-]ccc32)c1-c1ccccc1.[Ir]. The Balaban J connectivity index is 0.000000171. The standard InChI is InChI=1S/C24H13N2O.C18H14N.Ir/c25-15-17-12-13-19-18-9-6-10-20(21-11-4-5-14-26-21)23(18)27-24(19)22(17)16-7-2-1-3-8-16;1-14-13-19-18(16-10-6-3-7-11-16)12-17(14)15-8-4-2-5-9-15;/h1-9,11-14H;2-10,12-13H,1H3;/q2*-1;. The third kappa shape index (κ3) is 6.39. The summed E-state index contributed by atoms with van der Waals surface area (Å²) < 4.78 is 6.34. The zero-order chi connectivity index (χ0) is 31.3. The molecule has 8 aromatic rings. The van der Waals surface area contributed by atoms with Crippen LogP contribution in [0.3, 0.4) is 0 Å². The molecule has 0 spiro atoms. The van der Waals surface area contributed by atoms with Gasteiger partial charge < -0.3 is 14.4 Å². The Morgan fingerprint density at radius 1 is 0.660 bits per heavy atom. The second-order valence-electron chi connectivity index (χ2n) is 10.8. The summed E-state index contributed by atoms with van der Waals surface area (Å²) in [4.78, 5) is 8.94. The minimum atomic E-state index is 0. The molecule has 0 aliphatic rings. The predicted molar refractivity (Wildman–Crippen MR) is 185 cm³/mol. The number of aryl methyl sites for hydroxylation is 1. The maximum atomic E-state index is 9.64. The first-order valence-corrected chi connectivity index (χ1v) is 15.0. The molecule has 0 aliphatic heterocycles. The molecule has 8 rings (SSSR count). The van der Waals surface area contributed by atoms with Crippen molar-refractivity contribution in [3.63, 3.8) is 0 Å². The molecule has 0 saturated heterocycles. The largest absolute Gasteiger partial charge is 0.500 e. The van der Waals surface area contributed by atoms with Crippen molar-refractivity contribution in [2.24, 2.45) is 0 Å². The van der Waals surface area contributed by atoms with Gasteiger partial charge in [-0.05, 0) is 52.7 Å². The number of hydrogen-bond donors (Lipinski definition) is 0. The molecule has 47 heavy (non-hydrogen) atoms. The van der Waals surface area contributed by atoms with E-state index in [1.807, 2.05) is 109 Å². The fourth-order valence-electron chi connectivity index (χ4n) is 5.64. The van der Waals surface area contributed by atoms with E-state index in [2.05, 4.69) is 65.4 Å². The molecule has 0 aliphatic carbocycles. The Morgan fingerprint density at radius 3 is 2.09 bits per heavy atom. The summed E-state index contributed by atoms with van der Waals surface area (Å²) in [6, 6.07) is 52.6. The van der Waals surface area contributed by atoms with Gasteiger partial charge in [-0.25, -0.2) is 0 Å². The fourth-order valence-corrected chi connectivity index (χ4v) is 5.64. The Bertz CT molecular complexity index is 2310. The van der Waals surface area contributed by atoms with Crippen LogP contribution in [0.5, 0.6) is 0 Å². The molecule has 4 nitrogen and oxygen atoms in total. The molecule has 0 saturated carbocycles. The molecule has 1 radical (unpaired) electrons. The summed E-state index contributed by atoms with van der Waals surface area (Å²) in [6.07, 6.45) is 3.69. The molecule has 5 aromatic carbocycles. The monoisotopic (exact) mass is 782 g/mol. The molecule has 3 aromatic heterocycles. The van der Waals surface area contributed by atoms with E-state index >= 15 is 0 Å². The number of furan rings is 1. The molecular formula is C42H27IrN3O-2. The molecule has 0 amide bonds. The Kier molecular flexibility index (Phi) is 9.46. The molecule has 0 N–H and O–H groups in total. The molecule has 0 unspecified atom stereocenters. The second-order valence-corrected chi connectivity index (χ2v) is 10.8. The molecular weight excluding hydrogens is 755 g/mol. The second kappa shape index (κ2) is 14.2. The van der Waals surface area contributed by atoms with Crippen molar-refractivity contribution in [1.29, 1.82) is 5.26 Å². The summed E-state index contributed by atoms with van der Waals surface area (Å²) in [7, 11) is 0. The van der Waals surface area contributed by atoms with Gasteiger partial charge in [0.2, 0.25) is 0 Å². The first-order chi connectivity index (χ1) is 22.7. The first-order valence-electron chi connectivity index (χ1n) is 15.0. The van der Waals surface area contributed by atoms with Gasteiger partial charge in [0.25, 0.3) is 0 Å². The van der Waals surface area contributed by atoms with Crippen LogP contribution in [0.15, 0.2) is 150 Å².